The summed E-state index contributed by atoms with van der Waals surface area (Å²) in [7, 11) is 0. The molecule has 1 aromatic carbocycles. The van der Waals surface area contributed by atoms with Crippen molar-refractivity contribution in [1.29, 1.82) is 0 Å². The molecule has 6 nitrogen and oxygen atoms in total. The van der Waals surface area contributed by atoms with Crippen molar-refractivity contribution in [2.24, 2.45) is 0 Å². The number of ether oxygens (including phenoxy) is 1. The Morgan fingerprint density at radius 1 is 1.17 bits per heavy atom. The molecule has 2 aromatic rings. The maximum atomic E-state index is 13.7. The predicted octanol–water partition coefficient (Wildman–Crippen LogP) is 4.76. The van der Waals surface area contributed by atoms with Crippen LogP contribution in [-0.4, -0.2) is 40.2 Å². The molecule has 156 valence electrons. The molecule has 2 heterocycles. The summed E-state index contributed by atoms with van der Waals surface area (Å²) in [6.45, 7) is 8.37. The molecule has 1 fully saturated rings. The highest BCUT2D eigenvalue weighted by Crippen LogP contribution is 2.26. The van der Waals surface area contributed by atoms with Crippen LogP contribution in [0.5, 0.6) is 0 Å². The van der Waals surface area contributed by atoms with Crippen molar-refractivity contribution >= 4 is 17.7 Å². The van der Waals surface area contributed by atoms with Crippen molar-refractivity contribution in [2.45, 2.75) is 52.2 Å². The number of hydrogen-bond acceptors (Lipinski definition) is 3. The van der Waals surface area contributed by atoms with E-state index >= 15 is 0 Å². The summed E-state index contributed by atoms with van der Waals surface area (Å²) in [5.41, 5.74) is 0.949. The number of rotatable bonds is 3. The van der Waals surface area contributed by atoms with E-state index in [9.17, 15) is 14.0 Å². The zero-order valence-electron chi connectivity index (χ0n) is 17.4. The summed E-state index contributed by atoms with van der Waals surface area (Å²) in [6, 6.07) is 8.32. The van der Waals surface area contributed by atoms with Crippen molar-refractivity contribution in [2.75, 3.05) is 18.4 Å². The number of likely N-dealkylation sites (tertiary alicyclic amines) is 1. The van der Waals surface area contributed by atoms with Crippen molar-refractivity contribution in [1.82, 2.24) is 9.47 Å². The molecule has 0 spiro atoms. The Morgan fingerprint density at radius 2 is 1.86 bits per heavy atom. The first-order valence-electron chi connectivity index (χ1n) is 9.86. The summed E-state index contributed by atoms with van der Waals surface area (Å²) in [5.74, 6) is -0.638. The van der Waals surface area contributed by atoms with Crippen LogP contribution < -0.4 is 5.32 Å². The van der Waals surface area contributed by atoms with E-state index in [1.54, 1.807) is 30.0 Å². The van der Waals surface area contributed by atoms with Gasteiger partial charge in [-0.1, -0.05) is 6.07 Å². The van der Waals surface area contributed by atoms with Crippen LogP contribution in [0.15, 0.2) is 36.5 Å². The molecule has 1 saturated heterocycles. The second-order valence-electron chi connectivity index (χ2n) is 8.42. The third-order valence-electron chi connectivity index (χ3n) is 4.95. The lowest BCUT2D eigenvalue weighted by molar-refractivity contribution is 0.0187. The normalized spacial score (nSPS) is 15.3. The first kappa shape index (κ1) is 20.9. The molecule has 7 heteroatoms. The van der Waals surface area contributed by atoms with Crippen molar-refractivity contribution in [3.8, 4) is 0 Å². The number of amides is 2. The first-order valence-corrected chi connectivity index (χ1v) is 9.86. The van der Waals surface area contributed by atoms with E-state index in [2.05, 4.69) is 5.32 Å². The number of anilines is 1. The van der Waals surface area contributed by atoms with Gasteiger partial charge in [0.05, 0.1) is 0 Å². The van der Waals surface area contributed by atoms with Gasteiger partial charge in [-0.25, -0.2) is 9.18 Å². The van der Waals surface area contributed by atoms with Crippen LogP contribution in [-0.2, 0) is 4.74 Å². The van der Waals surface area contributed by atoms with E-state index in [0.717, 1.165) is 12.8 Å². The van der Waals surface area contributed by atoms with E-state index in [1.165, 1.54) is 6.07 Å². The quantitative estimate of drug-likeness (QED) is 0.807. The van der Waals surface area contributed by atoms with Gasteiger partial charge in [0.1, 0.15) is 17.1 Å². The molecular weight excluding hydrogens is 373 g/mol. The largest absolute Gasteiger partial charge is 0.444 e. The number of halogens is 1. The van der Waals surface area contributed by atoms with Gasteiger partial charge in [-0.15, -0.1) is 0 Å². The van der Waals surface area contributed by atoms with Gasteiger partial charge in [-0.05, 0) is 70.4 Å². The lowest BCUT2D eigenvalue weighted by Crippen LogP contribution is -2.42. The van der Waals surface area contributed by atoms with E-state index in [4.69, 9.17) is 4.74 Å². The Morgan fingerprint density at radius 3 is 2.48 bits per heavy atom. The van der Waals surface area contributed by atoms with E-state index in [1.807, 2.05) is 37.6 Å². The Bertz CT molecular complexity index is 893. The maximum Gasteiger partial charge on any atom is 0.410 e. The molecule has 0 radical (unpaired) electrons. The Kier molecular flexibility index (Phi) is 5.96. The summed E-state index contributed by atoms with van der Waals surface area (Å²) >= 11 is 0. The number of benzene rings is 1. The standard InChI is InChI=1S/C22H28FN3O3/c1-15-7-8-16(14-18(15)23)24-20(27)19-6-5-11-26(19)17-9-12-25(13-10-17)21(28)29-22(2,3)4/h5-8,11,14,17H,9-10,12-13H2,1-4H3,(H,24,27). The minimum absolute atomic E-state index is 0.110. The minimum Gasteiger partial charge on any atom is -0.444 e. The molecule has 0 unspecified atom stereocenters. The molecular formula is C22H28FN3O3. The highest BCUT2D eigenvalue weighted by molar-refractivity contribution is 6.03. The van der Waals surface area contributed by atoms with Gasteiger partial charge >= 0.3 is 6.09 Å². The van der Waals surface area contributed by atoms with Crippen LogP contribution in [0.1, 0.15) is 55.7 Å². The van der Waals surface area contributed by atoms with E-state index in [0.29, 0.717) is 30.0 Å². The average molecular weight is 401 g/mol. The lowest BCUT2D eigenvalue weighted by atomic mass is 10.0. The number of carbonyl (C=O) groups excluding carboxylic acids is 2. The fourth-order valence-corrected chi connectivity index (χ4v) is 3.42. The molecule has 29 heavy (non-hydrogen) atoms. The van der Waals surface area contributed by atoms with Gasteiger partial charge in [-0.2, -0.15) is 0 Å². The zero-order valence-corrected chi connectivity index (χ0v) is 17.4. The maximum absolute atomic E-state index is 13.7. The molecule has 3 rings (SSSR count). The summed E-state index contributed by atoms with van der Waals surface area (Å²) in [6.07, 6.45) is 3.03. The topological polar surface area (TPSA) is 63.6 Å². The van der Waals surface area contributed by atoms with Gasteiger partial charge in [0, 0.05) is 31.0 Å². The summed E-state index contributed by atoms with van der Waals surface area (Å²) in [5, 5.41) is 2.76. The van der Waals surface area contributed by atoms with E-state index < -0.39 is 5.60 Å². The Labute approximate surface area is 170 Å². The number of carbonyl (C=O) groups is 2. The van der Waals surface area contributed by atoms with Crippen LogP contribution >= 0.6 is 0 Å². The minimum atomic E-state index is -0.519. The van der Waals surface area contributed by atoms with Crippen LogP contribution in [0, 0.1) is 12.7 Å². The molecule has 0 atom stereocenters. The number of nitrogens with one attached hydrogen (secondary N) is 1. The molecule has 1 aliphatic heterocycles. The third kappa shape index (κ3) is 5.16. The van der Waals surface area contributed by atoms with Crippen molar-refractivity contribution in [3.63, 3.8) is 0 Å². The second-order valence-corrected chi connectivity index (χ2v) is 8.42. The van der Waals surface area contributed by atoms with Gasteiger partial charge in [0.2, 0.25) is 0 Å². The summed E-state index contributed by atoms with van der Waals surface area (Å²) < 4.78 is 21.1. The highest BCUT2D eigenvalue weighted by Gasteiger charge is 2.28. The Hall–Kier alpha value is -2.83. The van der Waals surface area contributed by atoms with Crippen LogP contribution in [0.25, 0.3) is 0 Å². The molecule has 0 bridgehead atoms. The number of nitrogens with zero attached hydrogens (tertiary/aromatic N) is 2. The molecule has 0 aliphatic carbocycles. The van der Waals surface area contributed by atoms with Crippen molar-refractivity contribution in [3.05, 3.63) is 53.6 Å². The lowest BCUT2D eigenvalue weighted by Gasteiger charge is -2.34. The number of aromatic nitrogens is 1. The SMILES string of the molecule is Cc1ccc(NC(=O)c2cccn2C2CCN(C(=O)OC(C)(C)C)CC2)cc1F. The molecule has 2 amide bonds. The number of aryl methyl sites for hydroxylation is 1. The molecule has 1 aliphatic rings. The number of piperidine rings is 1. The van der Waals surface area contributed by atoms with E-state index in [-0.39, 0.29) is 23.9 Å². The molecule has 0 saturated carbocycles. The third-order valence-corrected chi connectivity index (χ3v) is 4.95. The van der Waals surface area contributed by atoms with Crippen molar-refractivity contribution < 1.29 is 18.7 Å². The number of hydrogen-bond donors (Lipinski definition) is 1. The first-order chi connectivity index (χ1) is 13.6. The predicted molar refractivity (Wildman–Crippen MR) is 110 cm³/mol. The highest BCUT2D eigenvalue weighted by atomic mass is 19.1. The molecule has 1 aromatic heterocycles. The van der Waals surface area contributed by atoms with Crippen LogP contribution in [0.4, 0.5) is 14.9 Å². The second kappa shape index (κ2) is 8.27. The van der Waals surface area contributed by atoms with Gasteiger partial charge in [-0.3, -0.25) is 4.79 Å². The average Bonchev–Trinajstić information content (AvgIpc) is 3.13. The fourth-order valence-electron chi connectivity index (χ4n) is 3.42. The smallest absolute Gasteiger partial charge is 0.410 e. The summed E-state index contributed by atoms with van der Waals surface area (Å²) in [4.78, 5) is 26.7. The van der Waals surface area contributed by atoms with Crippen LogP contribution in [0.2, 0.25) is 0 Å². The Balaban J connectivity index is 1.64. The monoisotopic (exact) mass is 401 g/mol. The molecule has 1 N–H and O–H groups in total. The fraction of sp³-hybridized carbons (Fsp3) is 0.455. The van der Waals surface area contributed by atoms with Gasteiger partial charge in [0.15, 0.2) is 0 Å². The van der Waals surface area contributed by atoms with Gasteiger partial charge < -0.3 is 19.5 Å². The van der Waals surface area contributed by atoms with Gasteiger partial charge in [0.25, 0.3) is 5.91 Å². The zero-order chi connectivity index (χ0) is 21.2. The van der Waals surface area contributed by atoms with Crippen LogP contribution in [0.3, 0.4) is 0 Å².